The summed E-state index contributed by atoms with van der Waals surface area (Å²) in [7, 11) is 0. The average Bonchev–Trinajstić information content (AvgIpc) is 3.21. The maximum Gasteiger partial charge on any atom is 0.425 e. The first kappa shape index (κ1) is 42.4. The van der Waals surface area contributed by atoms with Crippen molar-refractivity contribution < 1.29 is 51.3 Å². The first-order valence-electron chi connectivity index (χ1n) is 19.9. The number of fused-ring (bicyclic) bond motifs is 1. The van der Waals surface area contributed by atoms with Crippen LogP contribution in [0.25, 0.3) is 0 Å². The molecular formula is C41H65F3O8. The molecule has 6 atom stereocenters. The summed E-state index contributed by atoms with van der Waals surface area (Å²) in [5.41, 5.74) is -1.71. The number of rotatable bonds is 9. The highest BCUT2D eigenvalue weighted by Gasteiger charge is 2.55. The molecule has 0 aromatic rings. The van der Waals surface area contributed by atoms with Crippen molar-refractivity contribution in [2.24, 2.45) is 51.8 Å². The summed E-state index contributed by atoms with van der Waals surface area (Å²) in [6.07, 6.45) is 6.44. The molecule has 8 bridgehead atoms. The van der Waals surface area contributed by atoms with Gasteiger partial charge in [0, 0.05) is 5.92 Å². The largest absolute Gasteiger partial charge is 0.459 e. The number of carbonyl (C=O) groups excluding carboxylic acids is 4. The molecule has 0 N–H and O–H groups in total. The molecule has 6 aliphatic carbocycles. The summed E-state index contributed by atoms with van der Waals surface area (Å²) in [6.45, 7) is 17.5. The molecule has 0 aromatic heterocycles. The van der Waals surface area contributed by atoms with Crippen molar-refractivity contribution in [1.29, 1.82) is 0 Å². The topological polar surface area (TPSA) is 105 Å². The highest BCUT2D eigenvalue weighted by molar-refractivity contribution is 5.77. The lowest BCUT2D eigenvalue weighted by Gasteiger charge is -2.56. The molecule has 8 nitrogen and oxygen atoms in total. The molecule has 0 amide bonds. The van der Waals surface area contributed by atoms with Crippen molar-refractivity contribution in [2.45, 2.75) is 183 Å². The molecule has 0 aromatic carbocycles. The summed E-state index contributed by atoms with van der Waals surface area (Å²) < 4.78 is 57.8. The standard InChI is InChI=1S/C16H24O4.C16H26O2.C9H15F3O2/c1-4-16(2,3)15(18)20-13-10-5-9-6-11(8-10)14(17)19-12(13)7-9;1-4-15(2,3)14(17)18-16-8-11-5-12(9-16)7-13(6-11)10-16;1-5-8(3,4)7(13)14-6(2)9(10,11)12/h9-13H,4-8H2,1-3H3;11-13H,4-10H2,1-3H3;6H,5H2,1-4H3. The van der Waals surface area contributed by atoms with Gasteiger partial charge >= 0.3 is 30.1 Å². The molecule has 2 aliphatic heterocycles. The zero-order valence-electron chi connectivity index (χ0n) is 33.3. The van der Waals surface area contributed by atoms with Gasteiger partial charge in [-0.2, -0.15) is 13.2 Å². The Hall–Kier alpha value is -2.33. The Bertz CT molecular complexity index is 1270. The van der Waals surface area contributed by atoms with Crippen LogP contribution >= 0.6 is 0 Å². The third-order valence-electron chi connectivity index (χ3n) is 13.4. The predicted molar refractivity (Wildman–Crippen MR) is 190 cm³/mol. The van der Waals surface area contributed by atoms with E-state index in [4.69, 9.17) is 14.2 Å². The smallest absolute Gasteiger partial charge is 0.425 e. The van der Waals surface area contributed by atoms with Crippen LogP contribution < -0.4 is 0 Å². The monoisotopic (exact) mass is 742 g/mol. The maximum atomic E-state index is 12.4. The summed E-state index contributed by atoms with van der Waals surface area (Å²) in [4.78, 5) is 47.9. The molecule has 0 spiro atoms. The molecule has 6 saturated carbocycles. The van der Waals surface area contributed by atoms with Gasteiger partial charge in [0.1, 0.15) is 17.8 Å². The van der Waals surface area contributed by atoms with Crippen molar-refractivity contribution in [1.82, 2.24) is 0 Å². The molecule has 6 unspecified atom stereocenters. The van der Waals surface area contributed by atoms with E-state index in [1.165, 1.54) is 19.3 Å². The summed E-state index contributed by atoms with van der Waals surface area (Å²) in [6, 6.07) is 0. The van der Waals surface area contributed by atoms with Crippen LogP contribution in [0.4, 0.5) is 13.2 Å². The Morgan fingerprint density at radius 3 is 1.67 bits per heavy atom. The highest BCUT2D eigenvalue weighted by atomic mass is 19.4. The third kappa shape index (κ3) is 9.85. The van der Waals surface area contributed by atoms with Crippen molar-refractivity contribution in [2.75, 3.05) is 0 Å². The van der Waals surface area contributed by atoms with Gasteiger partial charge < -0.3 is 18.9 Å². The summed E-state index contributed by atoms with van der Waals surface area (Å²) in [5, 5.41) is 0. The number of hydrogen-bond acceptors (Lipinski definition) is 8. The van der Waals surface area contributed by atoms with Gasteiger partial charge in [0.2, 0.25) is 0 Å². The molecule has 8 aliphatic rings. The van der Waals surface area contributed by atoms with Gasteiger partial charge in [0.15, 0.2) is 6.10 Å². The lowest BCUT2D eigenvalue weighted by molar-refractivity contribution is -0.221. The highest BCUT2D eigenvalue weighted by Crippen LogP contribution is 2.57. The van der Waals surface area contributed by atoms with Gasteiger partial charge in [-0.05, 0) is 156 Å². The first-order valence-corrected chi connectivity index (χ1v) is 19.9. The van der Waals surface area contributed by atoms with E-state index in [1.807, 2.05) is 34.6 Å². The average molecular weight is 743 g/mol. The molecule has 298 valence electrons. The number of hydrogen-bond donors (Lipinski definition) is 0. The van der Waals surface area contributed by atoms with Crippen LogP contribution in [0.1, 0.15) is 153 Å². The van der Waals surface area contributed by atoms with E-state index in [9.17, 15) is 32.3 Å². The van der Waals surface area contributed by atoms with E-state index < -0.39 is 29.1 Å². The number of halogens is 3. The van der Waals surface area contributed by atoms with Gasteiger partial charge in [-0.3, -0.25) is 19.2 Å². The molecule has 8 rings (SSSR count). The Morgan fingerprint density at radius 1 is 0.712 bits per heavy atom. The van der Waals surface area contributed by atoms with E-state index in [2.05, 4.69) is 11.7 Å². The minimum absolute atomic E-state index is 0.0339. The Kier molecular flexibility index (Phi) is 12.9. The Balaban J connectivity index is 0.000000178. The molecule has 2 saturated heterocycles. The predicted octanol–water partition coefficient (Wildman–Crippen LogP) is 9.55. The quantitative estimate of drug-likeness (QED) is 0.170. The van der Waals surface area contributed by atoms with Crippen LogP contribution in [-0.2, 0) is 38.1 Å². The fraction of sp³-hybridized carbons (Fsp3) is 0.902. The first-order chi connectivity index (χ1) is 23.9. The Morgan fingerprint density at radius 2 is 1.19 bits per heavy atom. The van der Waals surface area contributed by atoms with Gasteiger partial charge in [-0.15, -0.1) is 0 Å². The molecule has 52 heavy (non-hydrogen) atoms. The normalized spacial score (nSPS) is 33.8. The molecule has 11 heteroatoms. The summed E-state index contributed by atoms with van der Waals surface area (Å²) >= 11 is 0. The summed E-state index contributed by atoms with van der Waals surface area (Å²) in [5.74, 6) is 2.42. The maximum absolute atomic E-state index is 12.4. The SMILES string of the molecule is CCC(C)(C)C(=O)OC(C)C(F)(F)F.CCC(C)(C)C(=O)OC12CC3CC(CC(C3)C1)C2.CCC(C)(C)C(=O)OC1C2CC3CC(C2)C(=O)OC1C3. The lowest BCUT2D eigenvalue weighted by Crippen LogP contribution is -2.53. The van der Waals surface area contributed by atoms with E-state index in [0.29, 0.717) is 18.3 Å². The number of alkyl halides is 3. The van der Waals surface area contributed by atoms with E-state index in [-0.39, 0.29) is 47.0 Å². The fourth-order valence-corrected chi connectivity index (χ4v) is 9.03. The minimum atomic E-state index is -4.49. The number of ether oxygens (including phenoxy) is 4. The second-order valence-corrected chi connectivity index (χ2v) is 18.9. The van der Waals surface area contributed by atoms with E-state index in [0.717, 1.165) is 82.5 Å². The molecule has 8 fully saturated rings. The molecular weight excluding hydrogens is 677 g/mol. The second kappa shape index (κ2) is 15.8. The van der Waals surface area contributed by atoms with Gasteiger partial charge in [0.05, 0.1) is 22.2 Å². The van der Waals surface area contributed by atoms with Crippen LogP contribution in [0.3, 0.4) is 0 Å². The van der Waals surface area contributed by atoms with Gasteiger partial charge in [0.25, 0.3) is 0 Å². The minimum Gasteiger partial charge on any atom is -0.459 e. The third-order valence-corrected chi connectivity index (χ3v) is 13.4. The van der Waals surface area contributed by atoms with Crippen LogP contribution in [-0.4, -0.2) is 54.0 Å². The number of esters is 4. The van der Waals surface area contributed by atoms with Crippen molar-refractivity contribution >= 4 is 23.9 Å². The van der Waals surface area contributed by atoms with Crippen molar-refractivity contribution in [3.05, 3.63) is 0 Å². The van der Waals surface area contributed by atoms with Crippen LogP contribution in [0.2, 0.25) is 0 Å². The van der Waals surface area contributed by atoms with Crippen LogP contribution in [0.5, 0.6) is 0 Å². The van der Waals surface area contributed by atoms with Crippen molar-refractivity contribution in [3.8, 4) is 0 Å². The van der Waals surface area contributed by atoms with E-state index >= 15 is 0 Å². The lowest BCUT2D eigenvalue weighted by atomic mass is 9.54. The zero-order chi connectivity index (χ0) is 39.0. The Labute approximate surface area is 309 Å². The fourth-order valence-electron chi connectivity index (χ4n) is 9.03. The van der Waals surface area contributed by atoms with Crippen molar-refractivity contribution in [3.63, 3.8) is 0 Å². The van der Waals surface area contributed by atoms with Gasteiger partial charge in [-0.25, -0.2) is 0 Å². The second-order valence-electron chi connectivity index (χ2n) is 18.9. The van der Waals surface area contributed by atoms with Crippen LogP contribution in [0, 0.1) is 51.8 Å². The molecule has 2 heterocycles. The van der Waals surface area contributed by atoms with Gasteiger partial charge in [-0.1, -0.05) is 20.8 Å². The van der Waals surface area contributed by atoms with Crippen LogP contribution in [0.15, 0.2) is 0 Å². The zero-order valence-corrected chi connectivity index (χ0v) is 33.3. The van der Waals surface area contributed by atoms with E-state index in [1.54, 1.807) is 20.8 Å². The molecule has 0 radical (unpaired) electrons. The number of carbonyl (C=O) groups is 4.